The summed E-state index contributed by atoms with van der Waals surface area (Å²) in [5, 5.41) is 13.6. The highest BCUT2D eigenvalue weighted by molar-refractivity contribution is 7.99. The van der Waals surface area contributed by atoms with Crippen molar-refractivity contribution in [3.05, 3.63) is 34.1 Å². The van der Waals surface area contributed by atoms with Crippen molar-refractivity contribution in [2.45, 2.75) is 6.42 Å². The number of hydrogen-bond donors (Lipinski definition) is 1. The summed E-state index contributed by atoms with van der Waals surface area (Å²) in [6, 6.07) is 3.90. The van der Waals surface area contributed by atoms with Crippen molar-refractivity contribution < 1.29 is 9.31 Å². The summed E-state index contributed by atoms with van der Waals surface area (Å²) in [5.74, 6) is 2.06. The normalized spacial score (nSPS) is 19.2. The van der Waals surface area contributed by atoms with Crippen LogP contribution in [0, 0.1) is 21.8 Å². The maximum absolute atomic E-state index is 13.5. The van der Waals surface area contributed by atoms with Gasteiger partial charge in [0.2, 0.25) is 0 Å². The molecule has 0 amide bonds. The number of nitro benzene ring substituents is 1. The zero-order valence-electron chi connectivity index (χ0n) is 9.19. The van der Waals surface area contributed by atoms with E-state index >= 15 is 0 Å². The molecule has 6 heteroatoms. The zero-order valence-corrected chi connectivity index (χ0v) is 10.0. The van der Waals surface area contributed by atoms with Gasteiger partial charge in [0.1, 0.15) is 5.69 Å². The van der Waals surface area contributed by atoms with Crippen molar-refractivity contribution >= 4 is 23.1 Å². The molecule has 0 saturated carbocycles. The van der Waals surface area contributed by atoms with Gasteiger partial charge in [-0.15, -0.1) is 0 Å². The molecule has 0 aromatic heterocycles. The number of nitrogens with one attached hydrogen (secondary N) is 1. The fourth-order valence-corrected chi connectivity index (χ4v) is 3.12. The first-order valence-corrected chi connectivity index (χ1v) is 6.58. The molecule has 1 atom stereocenters. The lowest BCUT2D eigenvalue weighted by molar-refractivity contribution is -0.384. The zero-order chi connectivity index (χ0) is 12.3. The molecule has 1 fully saturated rings. The second-order valence-electron chi connectivity index (χ2n) is 4.00. The van der Waals surface area contributed by atoms with E-state index in [-0.39, 0.29) is 11.4 Å². The Bertz CT molecular complexity index is 422. The molecule has 17 heavy (non-hydrogen) atoms. The highest BCUT2D eigenvalue weighted by Crippen LogP contribution is 2.29. The van der Waals surface area contributed by atoms with Crippen LogP contribution >= 0.6 is 11.8 Å². The molecule has 0 aliphatic carbocycles. The maximum atomic E-state index is 13.5. The van der Waals surface area contributed by atoms with Gasteiger partial charge in [0.05, 0.1) is 4.92 Å². The Labute approximate surface area is 103 Å². The lowest BCUT2D eigenvalue weighted by Crippen LogP contribution is -2.15. The summed E-state index contributed by atoms with van der Waals surface area (Å²) < 4.78 is 13.5. The van der Waals surface area contributed by atoms with E-state index in [2.05, 4.69) is 5.32 Å². The van der Waals surface area contributed by atoms with E-state index in [1.807, 2.05) is 11.8 Å². The molecule has 1 saturated heterocycles. The van der Waals surface area contributed by atoms with Crippen LogP contribution < -0.4 is 5.32 Å². The molecule has 92 valence electrons. The van der Waals surface area contributed by atoms with Crippen molar-refractivity contribution in [3.63, 3.8) is 0 Å². The Morgan fingerprint density at radius 3 is 3.06 bits per heavy atom. The summed E-state index contributed by atoms with van der Waals surface area (Å²) in [6.07, 6.45) is 1.08. The molecule has 2 rings (SSSR count). The van der Waals surface area contributed by atoms with E-state index in [0.717, 1.165) is 17.9 Å². The third-order valence-electron chi connectivity index (χ3n) is 2.78. The molecular weight excluding hydrogens is 243 g/mol. The number of anilines is 1. The molecule has 4 nitrogen and oxygen atoms in total. The summed E-state index contributed by atoms with van der Waals surface area (Å²) in [4.78, 5) is 10.2. The van der Waals surface area contributed by atoms with Crippen molar-refractivity contribution in [1.82, 2.24) is 0 Å². The predicted molar refractivity (Wildman–Crippen MR) is 67.0 cm³/mol. The second-order valence-corrected chi connectivity index (χ2v) is 5.15. The van der Waals surface area contributed by atoms with Crippen LogP contribution in [0.1, 0.15) is 6.42 Å². The minimum absolute atomic E-state index is 0.00870. The third kappa shape index (κ3) is 2.88. The second kappa shape index (κ2) is 5.35. The number of thioether (sulfide) groups is 1. The van der Waals surface area contributed by atoms with Crippen LogP contribution in [0.5, 0.6) is 0 Å². The molecule has 1 aliphatic heterocycles. The van der Waals surface area contributed by atoms with Gasteiger partial charge in [0.25, 0.3) is 5.69 Å². The lowest BCUT2D eigenvalue weighted by atomic mass is 10.1. The van der Waals surface area contributed by atoms with E-state index in [9.17, 15) is 14.5 Å². The van der Waals surface area contributed by atoms with Crippen LogP contribution in [0.15, 0.2) is 18.2 Å². The number of nitro groups is 1. The number of rotatable bonds is 4. The fraction of sp³-hybridized carbons (Fsp3) is 0.455. The quantitative estimate of drug-likeness (QED) is 0.664. The van der Waals surface area contributed by atoms with Crippen molar-refractivity contribution in [1.29, 1.82) is 0 Å². The lowest BCUT2D eigenvalue weighted by Gasteiger charge is -2.11. The third-order valence-corrected chi connectivity index (χ3v) is 4.01. The molecule has 1 aromatic carbocycles. The van der Waals surface area contributed by atoms with E-state index in [4.69, 9.17) is 0 Å². The topological polar surface area (TPSA) is 55.2 Å². The Morgan fingerprint density at radius 2 is 2.41 bits per heavy atom. The number of para-hydroxylation sites is 1. The van der Waals surface area contributed by atoms with Crippen LogP contribution in [0.2, 0.25) is 0 Å². The molecule has 1 heterocycles. The van der Waals surface area contributed by atoms with Gasteiger partial charge in [-0.25, -0.2) is 4.39 Å². The Morgan fingerprint density at radius 1 is 1.59 bits per heavy atom. The number of nitrogens with zero attached hydrogens (tertiary/aromatic N) is 1. The predicted octanol–water partition coefficient (Wildman–Crippen LogP) is 2.90. The van der Waals surface area contributed by atoms with Gasteiger partial charge in [-0.1, -0.05) is 6.07 Å². The van der Waals surface area contributed by atoms with Crippen LogP contribution in [-0.4, -0.2) is 23.0 Å². The summed E-state index contributed by atoms with van der Waals surface area (Å²) in [6.45, 7) is 0.592. The van der Waals surface area contributed by atoms with Crippen LogP contribution in [-0.2, 0) is 0 Å². The van der Waals surface area contributed by atoms with Crippen molar-refractivity contribution in [3.8, 4) is 0 Å². The molecule has 0 bridgehead atoms. The van der Waals surface area contributed by atoms with Gasteiger partial charge in [-0.05, 0) is 29.9 Å². The van der Waals surface area contributed by atoms with Gasteiger partial charge < -0.3 is 5.32 Å². The van der Waals surface area contributed by atoms with Crippen molar-refractivity contribution in [2.24, 2.45) is 5.92 Å². The molecule has 1 N–H and O–H groups in total. The SMILES string of the molecule is O=[N+]([O-])c1cccc(F)c1NCC1CCSC1. The maximum Gasteiger partial charge on any atom is 0.295 e. The van der Waals surface area contributed by atoms with E-state index in [1.54, 1.807) is 0 Å². The van der Waals surface area contributed by atoms with Crippen LogP contribution in [0.25, 0.3) is 0 Å². The van der Waals surface area contributed by atoms with E-state index in [1.165, 1.54) is 18.2 Å². The summed E-state index contributed by atoms with van der Waals surface area (Å²) in [5.41, 5.74) is -0.190. The monoisotopic (exact) mass is 256 g/mol. The van der Waals surface area contributed by atoms with Crippen molar-refractivity contribution in [2.75, 3.05) is 23.4 Å². The standard InChI is InChI=1S/C11H13FN2O2S/c12-9-2-1-3-10(14(15)16)11(9)13-6-8-4-5-17-7-8/h1-3,8,13H,4-7H2. The Balaban J connectivity index is 2.10. The Kier molecular flexibility index (Phi) is 3.83. The fourth-order valence-electron chi connectivity index (χ4n) is 1.83. The molecule has 0 spiro atoms. The highest BCUT2D eigenvalue weighted by Gasteiger charge is 2.20. The molecule has 1 unspecified atom stereocenters. The van der Waals surface area contributed by atoms with Crippen LogP contribution in [0.4, 0.5) is 15.8 Å². The van der Waals surface area contributed by atoms with Crippen LogP contribution in [0.3, 0.4) is 0 Å². The number of hydrogen-bond acceptors (Lipinski definition) is 4. The average molecular weight is 256 g/mol. The molecule has 1 aromatic rings. The van der Waals surface area contributed by atoms with E-state index in [0.29, 0.717) is 12.5 Å². The number of halogens is 1. The minimum atomic E-state index is -0.565. The number of benzene rings is 1. The smallest absolute Gasteiger partial charge is 0.295 e. The van der Waals surface area contributed by atoms with Gasteiger partial charge >= 0.3 is 0 Å². The largest absolute Gasteiger partial charge is 0.377 e. The van der Waals surface area contributed by atoms with Gasteiger partial charge in [0, 0.05) is 12.6 Å². The first kappa shape index (κ1) is 12.2. The van der Waals surface area contributed by atoms with Gasteiger partial charge in [0.15, 0.2) is 5.82 Å². The summed E-state index contributed by atoms with van der Waals surface area (Å²) >= 11 is 1.86. The first-order chi connectivity index (χ1) is 8.18. The van der Waals surface area contributed by atoms with Gasteiger partial charge in [-0.2, -0.15) is 11.8 Å². The van der Waals surface area contributed by atoms with E-state index < -0.39 is 10.7 Å². The highest BCUT2D eigenvalue weighted by atomic mass is 32.2. The minimum Gasteiger partial charge on any atom is -0.377 e. The Hall–Kier alpha value is -1.30. The average Bonchev–Trinajstić information content (AvgIpc) is 2.80. The first-order valence-electron chi connectivity index (χ1n) is 5.43. The summed E-state index contributed by atoms with van der Waals surface area (Å²) in [7, 11) is 0. The van der Waals surface area contributed by atoms with Gasteiger partial charge in [-0.3, -0.25) is 10.1 Å². The molecule has 1 aliphatic rings. The molecule has 0 radical (unpaired) electrons. The molecular formula is C11H13FN2O2S.